The third-order valence-corrected chi connectivity index (χ3v) is 3.55. The summed E-state index contributed by atoms with van der Waals surface area (Å²) in [6.07, 6.45) is 2.95. The molecule has 1 amide bonds. The number of amides is 1. The van der Waals surface area contributed by atoms with Crippen molar-refractivity contribution in [3.05, 3.63) is 40.2 Å². The van der Waals surface area contributed by atoms with Crippen molar-refractivity contribution in [2.24, 2.45) is 0 Å². The fourth-order valence-corrected chi connectivity index (χ4v) is 2.46. The van der Waals surface area contributed by atoms with Gasteiger partial charge >= 0.3 is 5.69 Å². The van der Waals surface area contributed by atoms with Crippen LogP contribution in [0.5, 0.6) is 5.88 Å². The number of H-pyrrole nitrogens is 2. The highest BCUT2D eigenvalue weighted by Crippen LogP contribution is 2.17. The first-order valence-electron chi connectivity index (χ1n) is 7.16. The third-order valence-electron chi connectivity index (χ3n) is 3.55. The van der Waals surface area contributed by atoms with E-state index in [0.29, 0.717) is 19.0 Å². The maximum atomic E-state index is 12.3. The maximum absolute atomic E-state index is 12.3. The Bertz CT molecular complexity index is 706. The lowest BCUT2D eigenvalue weighted by Gasteiger charge is -2.32. The van der Waals surface area contributed by atoms with Gasteiger partial charge in [-0.1, -0.05) is 0 Å². The van der Waals surface area contributed by atoms with Crippen molar-refractivity contribution in [2.75, 3.05) is 13.1 Å². The monoisotopic (exact) mass is 303 g/mol. The van der Waals surface area contributed by atoms with E-state index in [1.807, 2.05) is 13.0 Å². The lowest BCUT2D eigenvalue weighted by Crippen LogP contribution is -2.44. The average molecular weight is 303 g/mol. The van der Waals surface area contributed by atoms with Crippen LogP contribution in [0.3, 0.4) is 0 Å². The van der Waals surface area contributed by atoms with Crippen LogP contribution in [0.4, 0.5) is 0 Å². The van der Waals surface area contributed by atoms with Crippen LogP contribution in [0.2, 0.25) is 0 Å². The number of ether oxygens (including phenoxy) is 1. The summed E-state index contributed by atoms with van der Waals surface area (Å²) in [7, 11) is 0. The van der Waals surface area contributed by atoms with Crippen LogP contribution in [-0.2, 0) is 0 Å². The molecule has 0 aromatic carbocycles. The molecule has 0 aliphatic carbocycles. The molecule has 1 atom stereocenters. The quantitative estimate of drug-likeness (QED) is 0.858. The smallest absolute Gasteiger partial charge is 0.323 e. The number of carbonyl (C=O) groups excluding carboxylic acids is 1. The molecule has 0 bridgehead atoms. The highest BCUT2D eigenvalue weighted by Gasteiger charge is 2.26. The molecular weight excluding hydrogens is 286 g/mol. The van der Waals surface area contributed by atoms with Crippen molar-refractivity contribution in [1.29, 1.82) is 0 Å². The van der Waals surface area contributed by atoms with E-state index in [1.54, 1.807) is 11.0 Å². The van der Waals surface area contributed by atoms with E-state index in [4.69, 9.17) is 4.74 Å². The van der Waals surface area contributed by atoms with Gasteiger partial charge in [0.15, 0.2) is 0 Å². The van der Waals surface area contributed by atoms with Gasteiger partial charge in [-0.15, -0.1) is 5.10 Å². The first-order valence-corrected chi connectivity index (χ1v) is 7.16. The fourth-order valence-electron chi connectivity index (χ4n) is 2.46. The van der Waals surface area contributed by atoms with Crippen molar-refractivity contribution >= 4 is 5.91 Å². The van der Waals surface area contributed by atoms with Gasteiger partial charge < -0.3 is 19.6 Å². The summed E-state index contributed by atoms with van der Waals surface area (Å²) in [5.41, 5.74) is 0.702. The zero-order valence-corrected chi connectivity index (χ0v) is 12.2. The molecule has 116 valence electrons. The van der Waals surface area contributed by atoms with E-state index in [2.05, 4.69) is 20.2 Å². The van der Waals surface area contributed by atoms with Crippen LogP contribution in [-0.4, -0.2) is 50.2 Å². The number of aromatic amines is 2. The molecule has 1 aliphatic rings. The number of aromatic nitrogens is 4. The molecule has 0 radical (unpaired) electrons. The molecule has 0 saturated carbocycles. The topological polar surface area (TPSA) is 104 Å². The molecule has 1 fully saturated rings. The highest BCUT2D eigenvalue weighted by molar-refractivity contribution is 5.92. The van der Waals surface area contributed by atoms with E-state index in [1.165, 1.54) is 6.20 Å². The summed E-state index contributed by atoms with van der Waals surface area (Å²) < 4.78 is 5.78. The summed E-state index contributed by atoms with van der Waals surface area (Å²) in [6, 6.07) is 3.60. The van der Waals surface area contributed by atoms with E-state index in [-0.39, 0.29) is 23.4 Å². The van der Waals surface area contributed by atoms with E-state index in [9.17, 15) is 9.59 Å². The molecule has 0 unspecified atom stereocenters. The van der Waals surface area contributed by atoms with Crippen LogP contribution in [0.1, 0.15) is 29.0 Å². The minimum atomic E-state index is -0.386. The summed E-state index contributed by atoms with van der Waals surface area (Å²) in [6.45, 7) is 2.96. The molecule has 1 saturated heterocycles. The normalized spacial score (nSPS) is 18.2. The molecule has 3 heterocycles. The van der Waals surface area contributed by atoms with E-state index < -0.39 is 0 Å². The minimum Gasteiger partial charge on any atom is -0.471 e. The molecule has 8 nitrogen and oxygen atoms in total. The molecule has 2 aromatic rings. The predicted molar refractivity (Wildman–Crippen MR) is 77.7 cm³/mol. The number of rotatable bonds is 3. The zero-order chi connectivity index (χ0) is 15.5. The Morgan fingerprint density at radius 2 is 2.27 bits per heavy atom. The predicted octanol–water partition coefficient (Wildman–Crippen LogP) is 0.485. The van der Waals surface area contributed by atoms with Crippen molar-refractivity contribution in [2.45, 2.75) is 25.9 Å². The number of hydrogen-bond donors (Lipinski definition) is 2. The lowest BCUT2D eigenvalue weighted by molar-refractivity contribution is 0.0520. The Balaban J connectivity index is 1.65. The Labute approximate surface area is 126 Å². The molecule has 3 rings (SSSR count). The second-order valence-electron chi connectivity index (χ2n) is 5.30. The van der Waals surface area contributed by atoms with Crippen LogP contribution in [0, 0.1) is 6.92 Å². The van der Waals surface area contributed by atoms with Crippen molar-refractivity contribution in [1.82, 2.24) is 25.1 Å². The standard InChI is InChI=1S/C14H17N5O3/c1-9-4-5-12(18-17-9)22-10-3-2-6-19(8-10)13(20)11-7-15-14(21)16-11/h4-5,7,10H,2-3,6,8H2,1H3,(H2,15,16,21)/t10-/m0/s1. The Morgan fingerprint density at radius 3 is 2.95 bits per heavy atom. The largest absolute Gasteiger partial charge is 0.471 e. The number of nitrogens with zero attached hydrogens (tertiary/aromatic N) is 3. The van der Waals surface area contributed by atoms with Crippen LogP contribution in [0.25, 0.3) is 0 Å². The average Bonchev–Trinajstić information content (AvgIpc) is 2.96. The van der Waals surface area contributed by atoms with Gasteiger partial charge in [0, 0.05) is 18.8 Å². The van der Waals surface area contributed by atoms with Gasteiger partial charge in [0.05, 0.1) is 12.2 Å². The Hall–Kier alpha value is -2.64. The molecule has 22 heavy (non-hydrogen) atoms. The number of hydrogen-bond acceptors (Lipinski definition) is 5. The van der Waals surface area contributed by atoms with Gasteiger partial charge in [0.2, 0.25) is 5.88 Å². The molecule has 2 N–H and O–H groups in total. The van der Waals surface area contributed by atoms with Gasteiger partial charge in [0.25, 0.3) is 5.91 Å². The van der Waals surface area contributed by atoms with Crippen LogP contribution in [0.15, 0.2) is 23.1 Å². The van der Waals surface area contributed by atoms with Gasteiger partial charge in [0.1, 0.15) is 11.8 Å². The number of piperidine rings is 1. The van der Waals surface area contributed by atoms with Crippen molar-refractivity contribution in [3.63, 3.8) is 0 Å². The van der Waals surface area contributed by atoms with Gasteiger partial charge in [-0.05, 0) is 25.8 Å². The Morgan fingerprint density at radius 1 is 1.41 bits per heavy atom. The SMILES string of the molecule is Cc1ccc(O[C@H]2CCCN(C(=O)c3c[nH]c(=O)[nH]3)C2)nn1. The maximum Gasteiger partial charge on any atom is 0.323 e. The molecule has 0 spiro atoms. The van der Waals surface area contributed by atoms with Crippen LogP contribution >= 0.6 is 0 Å². The number of nitrogens with one attached hydrogen (secondary N) is 2. The Kier molecular flexibility index (Phi) is 3.90. The zero-order valence-electron chi connectivity index (χ0n) is 12.2. The number of likely N-dealkylation sites (tertiary alicyclic amines) is 1. The minimum absolute atomic E-state index is 0.125. The number of carbonyl (C=O) groups is 1. The summed E-state index contributed by atoms with van der Waals surface area (Å²) in [4.78, 5) is 30.0. The molecule has 2 aromatic heterocycles. The second-order valence-corrected chi connectivity index (χ2v) is 5.30. The van der Waals surface area contributed by atoms with E-state index >= 15 is 0 Å². The number of aryl methyl sites for hydroxylation is 1. The van der Waals surface area contributed by atoms with Crippen LogP contribution < -0.4 is 10.4 Å². The first-order chi connectivity index (χ1) is 10.6. The third kappa shape index (κ3) is 3.16. The fraction of sp³-hybridized carbons (Fsp3) is 0.429. The summed E-state index contributed by atoms with van der Waals surface area (Å²) in [5, 5.41) is 7.93. The number of imidazole rings is 1. The lowest BCUT2D eigenvalue weighted by atomic mass is 10.1. The first kappa shape index (κ1) is 14.3. The molecule has 1 aliphatic heterocycles. The van der Waals surface area contributed by atoms with Gasteiger partial charge in [-0.3, -0.25) is 4.79 Å². The summed E-state index contributed by atoms with van der Waals surface area (Å²) in [5.74, 6) is 0.251. The molecular formula is C14H17N5O3. The van der Waals surface area contributed by atoms with Gasteiger partial charge in [-0.2, -0.15) is 5.10 Å². The van der Waals surface area contributed by atoms with E-state index in [0.717, 1.165) is 18.5 Å². The van der Waals surface area contributed by atoms with Gasteiger partial charge in [-0.25, -0.2) is 4.79 Å². The molecule has 8 heteroatoms. The van der Waals surface area contributed by atoms with Crippen molar-refractivity contribution < 1.29 is 9.53 Å². The summed E-state index contributed by atoms with van der Waals surface area (Å²) >= 11 is 0. The second kappa shape index (κ2) is 6.00. The van der Waals surface area contributed by atoms with Crippen molar-refractivity contribution in [3.8, 4) is 5.88 Å². The highest BCUT2D eigenvalue weighted by atomic mass is 16.5.